The molecular formula is C14H18F3N. The van der Waals surface area contributed by atoms with Crippen molar-refractivity contribution in [2.24, 2.45) is 5.92 Å². The van der Waals surface area contributed by atoms with Crippen molar-refractivity contribution < 1.29 is 13.2 Å². The molecule has 0 aromatic heterocycles. The smallest absolute Gasteiger partial charge is 0.273 e. The van der Waals surface area contributed by atoms with Crippen LogP contribution in [0.1, 0.15) is 30.4 Å². The lowest BCUT2D eigenvalue weighted by Crippen LogP contribution is -2.33. The first kappa shape index (κ1) is 13.4. The lowest BCUT2D eigenvalue weighted by atomic mass is 9.90. The zero-order chi connectivity index (χ0) is 13.2. The monoisotopic (exact) mass is 257 g/mol. The number of halogens is 3. The van der Waals surface area contributed by atoms with Crippen molar-refractivity contribution in [1.29, 1.82) is 0 Å². The summed E-state index contributed by atoms with van der Waals surface area (Å²) in [6.45, 7) is 3.07. The largest absolute Gasteiger partial charge is 0.316 e. The van der Waals surface area contributed by atoms with Gasteiger partial charge in [-0.2, -0.15) is 0 Å². The highest BCUT2D eigenvalue weighted by molar-refractivity contribution is 5.27. The third kappa shape index (κ3) is 3.05. The van der Waals surface area contributed by atoms with Crippen LogP contribution in [0.5, 0.6) is 0 Å². The quantitative estimate of drug-likeness (QED) is 0.872. The highest BCUT2D eigenvalue weighted by Gasteiger charge is 2.35. The Balaban J connectivity index is 2.10. The van der Waals surface area contributed by atoms with Crippen LogP contribution in [0.2, 0.25) is 0 Å². The molecule has 0 bridgehead atoms. The van der Waals surface area contributed by atoms with Crippen LogP contribution < -0.4 is 5.32 Å². The minimum Gasteiger partial charge on any atom is -0.316 e. The van der Waals surface area contributed by atoms with E-state index in [-0.39, 0.29) is 23.5 Å². The molecule has 1 aromatic rings. The molecule has 1 saturated heterocycles. The van der Waals surface area contributed by atoms with Gasteiger partial charge in [-0.25, -0.2) is 13.2 Å². The normalized spacial score (nSPS) is 21.0. The minimum atomic E-state index is -2.87. The number of piperidine rings is 1. The topological polar surface area (TPSA) is 12.0 Å². The van der Waals surface area contributed by atoms with Gasteiger partial charge in [0.05, 0.1) is 0 Å². The van der Waals surface area contributed by atoms with Crippen LogP contribution in [0, 0.1) is 18.7 Å². The zero-order valence-electron chi connectivity index (χ0n) is 10.5. The Morgan fingerprint density at radius 3 is 2.78 bits per heavy atom. The summed E-state index contributed by atoms with van der Waals surface area (Å²) in [5, 5.41) is 3.14. The summed E-state index contributed by atoms with van der Waals surface area (Å²) in [6, 6.07) is 3.57. The first-order valence-electron chi connectivity index (χ1n) is 6.34. The molecule has 1 fully saturated rings. The van der Waals surface area contributed by atoms with E-state index in [9.17, 15) is 13.2 Å². The van der Waals surface area contributed by atoms with E-state index in [1.165, 1.54) is 19.1 Å². The lowest BCUT2D eigenvalue weighted by Gasteiger charge is -2.27. The first-order chi connectivity index (χ1) is 8.49. The van der Waals surface area contributed by atoms with Crippen molar-refractivity contribution in [3.05, 3.63) is 35.1 Å². The Labute approximate surface area is 105 Å². The van der Waals surface area contributed by atoms with Gasteiger partial charge in [0.2, 0.25) is 0 Å². The molecule has 0 saturated carbocycles. The summed E-state index contributed by atoms with van der Waals surface area (Å²) in [5.41, 5.74) is 0.195. The molecular weight excluding hydrogens is 239 g/mol. The van der Waals surface area contributed by atoms with Crippen molar-refractivity contribution in [3.8, 4) is 0 Å². The van der Waals surface area contributed by atoms with Gasteiger partial charge in [-0.3, -0.25) is 0 Å². The van der Waals surface area contributed by atoms with Crippen LogP contribution in [0.15, 0.2) is 18.2 Å². The van der Waals surface area contributed by atoms with Gasteiger partial charge in [0.25, 0.3) is 5.92 Å². The fourth-order valence-electron chi connectivity index (χ4n) is 2.45. The molecule has 2 rings (SSSR count). The molecule has 0 radical (unpaired) electrons. The van der Waals surface area contributed by atoms with E-state index in [4.69, 9.17) is 0 Å². The van der Waals surface area contributed by atoms with Crippen LogP contribution in [0.3, 0.4) is 0 Å². The fraction of sp³-hybridized carbons (Fsp3) is 0.571. The number of hydrogen-bond acceptors (Lipinski definition) is 1. The molecule has 1 aromatic carbocycles. The molecule has 1 heterocycles. The van der Waals surface area contributed by atoms with E-state index in [1.807, 2.05) is 0 Å². The van der Waals surface area contributed by atoms with Crippen molar-refractivity contribution in [1.82, 2.24) is 5.32 Å². The summed E-state index contributed by atoms with van der Waals surface area (Å²) in [5.74, 6) is -3.31. The van der Waals surface area contributed by atoms with E-state index in [0.29, 0.717) is 6.54 Å². The summed E-state index contributed by atoms with van der Waals surface area (Å²) < 4.78 is 41.3. The molecule has 1 N–H and O–H groups in total. The van der Waals surface area contributed by atoms with Gasteiger partial charge < -0.3 is 5.32 Å². The Bertz CT molecular complexity index is 412. The molecule has 0 amide bonds. The van der Waals surface area contributed by atoms with Crippen LogP contribution >= 0.6 is 0 Å². The molecule has 1 aliphatic rings. The summed E-state index contributed by atoms with van der Waals surface area (Å²) in [4.78, 5) is 0. The molecule has 100 valence electrons. The number of aryl methyl sites for hydroxylation is 1. The minimum absolute atomic E-state index is 0.000825. The van der Waals surface area contributed by atoms with Crippen LogP contribution in [-0.2, 0) is 5.92 Å². The molecule has 1 aliphatic heterocycles. The fourth-order valence-corrected chi connectivity index (χ4v) is 2.45. The zero-order valence-corrected chi connectivity index (χ0v) is 10.5. The second kappa shape index (κ2) is 5.31. The maximum atomic E-state index is 14.1. The van der Waals surface area contributed by atoms with Gasteiger partial charge in [0, 0.05) is 12.0 Å². The average molecular weight is 257 g/mol. The van der Waals surface area contributed by atoms with Crippen LogP contribution in [0.4, 0.5) is 13.2 Å². The Morgan fingerprint density at radius 2 is 2.17 bits per heavy atom. The predicted octanol–water partition coefficient (Wildman–Crippen LogP) is 3.62. The Kier molecular flexibility index (Phi) is 3.95. The Morgan fingerprint density at radius 1 is 1.39 bits per heavy atom. The average Bonchev–Trinajstić information content (AvgIpc) is 2.33. The third-order valence-corrected chi connectivity index (χ3v) is 3.52. The van der Waals surface area contributed by atoms with E-state index in [2.05, 4.69) is 5.32 Å². The standard InChI is InChI=1S/C14H18F3N/c1-10-7-12(4-5-13(10)15)14(16,17)8-11-3-2-6-18-9-11/h4-5,7,11,18H,2-3,6,8-9H2,1H3. The summed E-state index contributed by atoms with van der Waals surface area (Å²) >= 11 is 0. The molecule has 1 atom stereocenters. The number of benzene rings is 1. The van der Waals surface area contributed by atoms with E-state index in [0.717, 1.165) is 25.5 Å². The molecule has 4 heteroatoms. The maximum absolute atomic E-state index is 14.1. The number of alkyl halides is 2. The van der Waals surface area contributed by atoms with Gasteiger partial charge in [-0.15, -0.1) is 0 Å². The molecule has 1 unspecified atom stereocenters. The molecule has 0 aliphatic carbocycles. The SMILES string of the molecule is Cc1cc(C(F)(F)CC2CCCNC2)ccc1F. The number of nitrogens with one attached hydrogen (secondary N) is 1. The van der Waals surface area contributed by atoms with E-state index in [1.54, 1.807) is 0 Å². The molecule has 0 spiro atoms. The van der Waals surface area contributed by atoms with Gasteiger partial charge in [0.1, 0.15) is 5.82 Å². The van der Waals surface area contributed by atoms with Crippen LogP contribution in [0.25, 0.3) is 0 Å². The van der Waals surface area contributed by atoms with E-state index < -0.39 is 11.7 Å². The van der Waals surface area contributed by atoms with E-state index >= 15 is 0 Å². The van der Waals surface area contributed by atoms with Gasteiger partial charge >= 0.3 is 0 Å². The van der Waals surface area contributed by atoms with Gasteiger partial charge in [-0.05, 0) is 56.5 Å². The van der Waals surface area contributed by atoms with Crippen molar-refractivity contribution >= 4 is 0 Å². The van der Waals surface area contributed by atoms with Gasteiger partial charge in [0.15, 0.2) is 0 Å². The summed E-state index contributed by atoms with van der Waals surface area (Å²) in [7, 11) is 0. The molecule has 1 nitrogen and oxygen atoms in total. The van der Waals surface area contributed by atoms with Gasteiger partial charge in [-0.1, -0.05) is 6.07 Å². The van der Waals surface area contributed by atoms with Crippen molar-refractivity contribution in [3.63, 3.8) is 0 Å². The predicted molar refractivity (Wildman–Crippen MR) is 65.2 cm³/mol. The maximum Gasteiger partial charge on any atom is 0.273 e. The van der Waals surface area contributed by atoms with Crippen molar-refractivity contribution in [2.45, 2.75) is 32.1 Å². The second-order valence-electron chi connectivity index (χ2n) is 5.08. The lowest BCUT2D eigenvalue weighted by molar-refractivity contribution is -0.0318. The first-order valence-corrected chi connectivity index (χ1v) is 6.34. The Hall–Kier alpha value is -1.03. The highest BCUT2D eigenvalue weighted by Crippen LogP contribution is 2.36. The number of rotatable bonds is 3. The van der Waals surface area contributed by atoms with Crippen LogP contribution in [-0.4, -0.2) is 13.1 Å². The third-order valence-electron chi connectivity index (χ3n) is 3.52. The highest BCUT2D eigenvalue weighted by atomic mass is 19.3. The summed E-state index contributed by atoms with van der Waals surface area (Å²) in [6.07, 6.45) is 1.62. The number of hydrogen-bond donors (Lipinski definition) is 1. The molecule has 18 heavy (non-hydrogen) atoms. The van der Waals surface area contributed by atoms with Crippen molar-refractivity contribution in [2.75, 3.05) is 13.1 Å². The second-order valence-corrected chi connectivity index (χ2v) is 5.08.